The Morgan fingerprint density at radius 1 is 1.25 bits per heavy atom. The van der Waals surface area contributed by atoms with Crippen molar-refractivity contribution >= 4 is 11.0 Å². The number of rotatable bonds is 2. The molecule has 2 aromatic rings. The molecule has 2 rings (SSSR count). The number of furan rings is 1. The summed E-state index contributed by atoms with van der Waals surface area (Å²) in [5, 5.41) is 1.15. The third kappa shape index (κ3) is 1.21. The third-order valence-electron chi connectivity index (χ3n) is 1.95. The minimum Gasteiger partial charge on any atom is -0.464 e. The summed E-state index contributed by atoms with van der Waals surface area (Å²) in [5.41, 5.74) is 7.63. The summed E-state index contributed by atoms with van der Waals surface area (Å²) in [7, 11) is 0. The highest BCUT2D eigenvalue weighted by atomic mass is 16.3. The molecule has 0 aliphatic carbocycles. The Kier molecular flexibility index (Phi) is 1.84. The molecule has 0 atom stereocenters. The first-order valence-electron chi connectivity index (χ1n) is 4.06. The normalized spacial score (nSPS) is 10.8. The number of benzene rings is 1. The van der Waals surface area contributed by atoms with Crippen LogP contribution in [0.15, 0.2) is 34.9 Å². The molecule has 0 bridgehead atoms. The highest BCUT2D eigenvalue weighted by molar-refractivity contribution is 5.77. The van der Waals surface area contributed by atoms with Gasteiger partial charge < -0.3 is 10.2 Å². The predicted octanol–water partition coefficient (Wildman–Crippen LogP) is 1.93. The fourth-order valence-electron chi connectivity index (χ4n) is 1.32. The lowest BCUT2D eigenvalue weighted by Gasteiger charge is -1.96. The van der Waals surface area contributed by atoms with E-state index in [9.17, 15) is 0 Å². The molecule has 0 aliphatic rings. The molecule has 62 valence electrons. The number of hydrogen-bond donors (Lipinski definition) is 1. The van der Waals surface area contributed by atoms with E-state index in [0.717, 1.165) is 17.4 Å². The van der Waals surface area contributed by atoms with E-state index in [1.807, 2.05) is 12.1 Å². The monoisotopic (exact) mass is 161 g/mol. The van der Waals surface area contributed by atoms with E-state index in [1.54, 1.807) is 6.26 Å². The Morgan fingerprint density at radius 2 is 2.17 bits per heavy atom. The van der Waals surface area contributed by atoms with Crippen molar-refractivity contribution in [3.05, 3.63) is 36.1 Å². The zero-order chi connectivity index (χ0) is 8.39. The molecule has 0 unspecified atom stereocenters. The maximum absolute atomic E-state index is 5.45. The zero-order valence-electron chi connectivity index (χ0n) is 6.79. The molecule has 12 heavy (non-hydrogen) atoms. The highest BCUT2D eigenvalue weighted by Gasteiger charge is 1.97. The van der Waals surface area contributed by atoms with Crippen LogP contribution >= 0.6 is 0 Å². The van der Waals surface area contributed by atoms with Crippen molar-refractivity contribution in [3.8, 4) is 0 Å². The Labute approximate surface area is 71.0 Å². The van der Waals surface area contributed by atoms with E-state index >= 15 is 0 Å². The molecular formula is C10H11NO. The molecule has 2 heteroatoms. The topological polar surface area (TPSA) is 39.2 Å². The largest absolute Gasteiger partial charge is 0.464 e. The van der Waals surface area contributed by atoms with E-state index in [-0.39, 0.29) is 0 Å². The Hall–Kier alpha value is -1.28. The molecule has 0 spiro atoms. The van der Waals surface area contributed by atoms with Gasteiger partial charge in [0.2, 0.25) is 0 Å². The molecule has 1 aromatic heterocycles. The summed E-state index contributed by atoms with van der Waals surface area (Å²) in [6.07, 6.45) is 2.62. The van der Waals surface area contributed by atoms with Gasteiger partial charge in [0.25, 0.3) is 0 Å². The molecule has 0 fully saturated rings. The van der Waals surface area contributed by atoms with Gasteiger partial charge in [-0.1, -0.05) is 12.1 Å². The average molecular weight is 161 g/mol. The maximum Gasteiger partial charge on any atom is 0.134 e. The Bertz CT molecular complexity index is 378. The molecule has 1 aromatic carbocycles. The standard InChI is InChI=1S/C10H11NO/c11-5-3-8-1-2-9-4-6-12-10(9)7-8/h1-2,4,6-7H,3,5,11H2. The van der Waals surface area contributed by atoms with Crippen molar-refractivity contribution in [3.63, 3.8) is 0 Å². The van der Waals surface area contributed by atoms with Crippen LogP contribution in [0.2, 0.25) is 0 Å². The number of hydrogen-bond acceptors (Lipinski definition) is 2. The summed E-state index contributed by atoms with van der Waals surface area (Å²) in [6, 6.07) is 8.15. The van der Waals surface area contributed by atoms with E-state index < -0.39 is 0 Å². The minimum atomic E-state index is 0.687. The lowest BCUT2D eigenvalue weighted by atomic mass is 10.1. The van der Waals surface area contributed by atoms with Crippen LogP contribution in [-0.4, -0.2) is 6.54 Å². The first-order chi connectivity index (χ1) is 5.90. The lowest BCUT2D eigenvalue weighted by molar-refractivity contribution is 0.615. The minimum absolute atomic E-state index is 0.687. The summed E-state index contributed by atoms with van der Waals surface area (Å²) >= 11 is 0. The summed E-state index contributed by atoms with van der Waals surface area (Å²) < 4.78 is 5.26. The van der Waals surface area contributed by atoms with Crippen molar-refractivity contribution in [1.29, 1.82) is 0 Å². The molecule has 2 nitrogen and oxygen atoms in total. The second kappa shape index (κ2) is 2.99. The molecule has 2 N–H and O–H groups in total. The van der Waals surface area contributed by atoms with Crippen molar-refractivity contribution in [1.82, 2.24) is 0 Å². The van der Waals surface area contributed by atoms with Crippen LogP contribution in [0, 0.1) is 0 Å². The van der Waals surface area contributed by atoms with Crippen LogP contribution < -0.4 is 5.73 Å². The lowest BCUT2D eigenvalue weighted by Crippen LogP contribution is -2.02. The van der Waals surface area contributed by atoms with Gasteiger partial charge in [-0.25, -0.2) is 0 Å². The van der Waals surface area contributed by atoms with Crippen LogP contribution in [-0.2, 0) is 6.42 Å². The predicted molar refractivity (Wildman–Crippen MR) is 49.0 cm³/mol. The smallest absolute Gasteiger partial charge is 0.134 e. The van der Waals surface area contributed by atoms with Gasteiger partial charge in [0.15, 0.2) is 0 Å². The van der Waals surface area contributed by atoms with Gasteiger partial charge in [0, 0.05) is 5.39 Å². The van der Waals surface area contributed by atoms with Gasteiger partial charge in [0.05, 0.1) is 6.26 Å². The highest BCUT2D eigenvalue weighted by Crippen LogP contribution is 2.16. The van der Waals surface area contributed by atoms with E-state index in [1.165, 1.54) is 5.56 Å². The first-order valence-corrected chi connectivity index (χ1v) is 4.06. The second-order valence-electron chi connectivity index (χ2n) is 2.83. The quantitative estimate of drug-likeness (QED) is 0.731. The van der Waals surface area contributed by atoms with Crippen LogP contribution in [0.3, 0.4) is 0 Å². The van der Waals surface area contributed by atoms with Crippen molar-refractivity contribution < 1.29 is 4.42 Å². The zero-order valence-corrected chi connectivity index (χ0v) is 6.79. The van der Waals surface area contributed by atoms with Crippen molar-refractivity contribution in [2.24, 2.45) is 5.73 Å². The van der Waals surface area contributed by atoms with E-state index in [0.29, 0.717) is 6.54 Å². The molecule has 1 heterocycles. The van der Waals surface area contributed by atoms with Gasteiger partial charge in [-0.2, -0.15) is 0 Å². The summed E-state index contributed by atoms with van der Waals surface area (Å²) in [5.74, 6) is 0. The maximum atomic E-state index is 5.45. The van der Waals surface area contributed by atoms with Crippen molar-refractivity contribution in [2.45, 2.75) is 6.42 Å². The van der Waals surface area contributed by atoms with Crippen LogP contribution in [0.4, 0.5) is 0 Å². The number of nitrogens with two attached hydrogens (primary N) is 1. The summed E-state index contributed by atoms with van der Waals surface area (Å²) in [6.45, 7) is 0.687. The number of fused-ring (bicyclic) bond motifs is 1. The van der Waals surface area contributed by atoms with Crippen LogP contribution in [0.1, 0.15) is 5.56 Å². The Balaban J connectivity index is 2.46. The molecular weight excluding hydrogens is 150 g/mol. The molecule has 0 radical (unpaired) electrons. The van der Waals surface area contributed by atoms with Gasteiger partial charge in [0.1, 0.15) is 5.58 Å². The second-order valence-corrected chi connectivity index (χ2v) is 2.83. The molecule has 0 amide bonds. The fraction of sp³-hybridized carbons (Fsp3) is 0.200. The van der Waals surface area contributed by atoms with Crippen molar-refractivity contribution in [2.75, 3.05) is 6.54 Å². The molecule has 0 saturated carbocycles. The fourth-order valence-corrected chi connectivity index (χ4v) is 1.32. The van der Waals surface area contributed by atoms with Gasteiger partial charge in [-0.05, 0) is 30.7 Å². The van der Waals surface area contributed by atoms with E-state index in [2.05, 4.69) is 12.1 Å². The summed E-state index contributed by atoms with van der Waals surface area (Å²) in [4.78, 5) is 0. The van der Waals surface area contributed by atoms with Crippen LogP contribution in [0.25, 0.3) is 11.0 Å². The third-order valence-corrected chi connectivity index (χ3v) is 1.95. The van der Waals surface area contributed by atoms with Crippen LogP contribution in [0.5, 0.6) is 0 Å². The molecule has 0 aliphatic heterocycles. The SMILES string of the molecule is NCCc1ccc2ccoc2c1. The van der Waals surface area contributed by atoms with Gasteiger partial charge >= 0.3 is 0 Å². The first kappa shape index (κ1) is 7.37. The van der Waals surface area contributed by atoms with Gasteiger partial charge in [-0.3, -0.25) is 0 Å². The Morgan fingerprint density at radius 3 is 3.00 bits per heavy atom. The average Bonchev–Trinajstić information content (AvgIpc) is 2.51. The van der Waals surface area contributed by atoms with Gasteiger partial charge in [-0.15, -0.1) is 0 Å². The molecule has 0 saturated heterocycles. The van der Waals surface area contributed by atoms with E-state index in [4.69, 9.17) is 10.2 Å².